The van der Waals surface area contributed by atoms with Crippen LogP contribution in [0.4, 0.5) is 0 Å². The smallest absolute Gasteiger partial charge is 0.423 e. The molecule has 0 bridgehead atoms. The second kappa shape index (κ2) is 16.8. The monoisotopic (exact) mass is 782 g/mol. The summed E-state index contributed by atoms with van der Waals surface area (Å²) in [6.45, 7) is 8.74. The van der Waals surface area contributed by atoms with Crippen molar-refractivity contribution in [3.05, 3.63) is 53.4 Å². The molecule has 262 valence electrons. The standard InChI is InChI=1S/C34H36Cl6O8/c1-15-5-7-19(17(3)9-15)13-45-31(41)25-27(39)21(35)11-23(37)29(25)47-33(43)34(44)48-30-24(38)12-22(36)28(40)26(30)32(42)46-14-20-8-6-16(2)10-18(20)4/h11-12,15-20H,5-10,13-14H2,1-4H3. The lowest BCUT2D eigenvalue weighted by Crippen LogP contribution is -2.29. The van der Waals surface area contributed by atoms with E-state index < -0.39 is 46.5 Å². The van der Waals surface area contributed by atoms with Crippen LogP contribution in [0.15, 0.2) is 12.1 Å². The number of carbonyl (C=O) groups excluding carboxylic acids is 4. The van der Waals surface area contributed by atoms with Crippen molar-refractivity contribution in [2.45, 2.75) is 66.2 Å². The van der Waals surface area contributed by atoms with Crippen LogP contribution in [0.1, 0.15) is 86.9 Å². The van der Waals surface area contributed by atoms with Crippen molar-refractivity contribution in [1.82, 2.24) is 0 Å². The second-order valence-electron chi connectivity index (χ2n) is 13.0. The first-order chi connectivity index (χ1) is 22.6. The molecule has 2 aromatic rings. The number of benzene rings is 2. The Labute approximate surface area is 309 Å². The normalized spacial score (nSPS) is 24.0. The molecule has 6 atom stereocenters. The van der Waals surface area contributed by atoms with E-state index in [-0.39, 0.29) is 55.2 Å². The number of ether oxygens (including phenoxy) is 4. The van der Waals surface area contributed by atoms with Gasteiger partial charge in [0.05, 0.1) is 43.3 Å². The third-order valence-electron chi connectivity index (χ3n) is 9.29. The van der Waals surface area contributed by atoms with Crippen molar-refractivity contribution in [2.24, 2.45) is 35.5 Å². The zero-order valence-corrected chi connectivity index (χ0v) is 31.3. The van der Waals surface area contributed by atoms with Gasteiger partial charge in [0, 0.05) is 0 Å². The molecule has 0 N–H and O–H groups in total. The quantitative estimate of drug-likeness (QED) is 0.113. The zero-order chi connectivity index (χ0) is 35.4. The third-order valence-corrected chi connectivity index (χ3v) is 11.4. The van der Waals surface area contributed by atoms with Gasteiger partial charge in [0.25, 0.3) is 0 Å². The molecule has 2 aromatic carbocycles. The van der Waals surface area contributed by atoms with E-state index >= 15 is 0 Å². The van der Waals surface area contributed by atoms with Gasteiger partial charge in [-0.05, 0) is 73.3 Å². The van der Waals surface area contributed by atoms with Gasteiger partial charge in [0.2, 0.25) is 0 Å². The van der Waals surface area contributed by atoms with E-state index in [0.29, 0.717) is 23.7 Å². The summed E-state index contributed by atoms with van der Waals surface area (Å²) in [5.74, 6) is -4.28. The van der Waals surface area contributed by atoms with Gasteiger partial charge in [-0.1, -0.05) is 110 Å². The van der Waals surface area contributed by atoms with Crippen LogP contribution in [0, 0.1) is 35.5 Å². The molecule has 0 aliphatic heterocycles. The summed E-state index contributed by atoms with van der Waals surface area (Å²) >= 11 is 37.6. The molecule has 0 radical (unpaired) electrons. The maximum absolute atomic E-state index is 13.3. The number of rotatable bonds is 8. The molecule has 6 unspecified atom stereocenters. The number of carbonyl (C=O) groups is 4. The van der Waals surface area contributed by atoms with Gasteiger partial charge in [-0.2, -0.15) is 0 Å². The fourth-order valence-electron chi connectivity index (χ4n) is 6.45. The van der Waals surface area contributed by atoms with Crippen molar-refractivity contribution in [3.63, 3.8) is 0 Å². The highest BCUT2D eigenvalue weighted by molar-refractivity contribution is 6.47. The van der Waals surface area contributed by atoms with Gasteiger partial charge in [-0.15, -0.1) is 0 Å². The summed E-state index contributed by atoms with van der Waals surface area (Å²) < 4.78 is 21.6. The molecule has 2 fully saturated rings. The van der Waals surface area contributed by atoms with Gasteiger partial charge >= 0.3 is 23.9 Å². The lowest BCUT2D eigenvalue weighted by Gasteiger charge is -2.32. The number of hydrogen-bond acceptors (Lipinski definition) is 8. The van der Waals surface area contributed by atoms with Gasteiger partial charge < -0.3 is 18.9 Å². The Hall–Kier alpha value is -1.94. The van der Waals surface area contributed by atoms with Crippen LogP contribution < -0.4 is 9.47 Å². The van der Waals surface area contributed by atoms with E-state index in [0.717, 1.165) is 50.7 Å². The van der Waals surface area contributed by atoms with Gasteiger partial charge in [0.15, 0.2) is 11.5 Å². The minimum atomic E-state index is -1.63. The minimum Gasteiger partial charge on any atom is -0.462 e. The molecular weight excluding hydrogens is 749 g/mol. The summed E-state index contributed by atoms with van der Waals surface area (Å²) in [6, 6.07) is 2.27. The average molecular weight is 785 g/mol. The fraction of sp³-hybridized carbons (Fsp3) is 0.529. The van der Waals surface area contributed by atoms with Crippen LogP contribution >= 0.6 is 69.6 Å². The Bertz CT molecular complexity index is 1460. The molecule has 0 amide bonds. The zero-order valence-electron chi connectivity index (χ0n) is 26.8. The van der Waals surface area contributed by atoms with E-state index in [1.165, 1.54) is 0 Å². The Morgan fingerprint density at radius 2 is 0.938 bits per heavy atom. The van der Waals surface area contributed by atoms with E-state index in [9.17, 15) is 19.2 Å². The molecule has 14 heteroatoms. The molecule has 2 saturated carbocycles. The van der Waals surface area contributed by atoms with E-state index in [4.69, 9.17) is 88.6 Å². The van der Waals surface area contributed by atoms with Crippen LogP contribution in [0.2, 0.25) is 30.1 Å². The molecule has 8 nitrogen and oxygen atoms in total. The number of halogens is 6. The minimum absolute atomic E-state index is 0.0933. The predicted molar refractivity (Wildman–Crippen MR) is 186 cm³/mol. The average Bonchev–Trinajstić information content (AvgIpc) is 3.01. The van der Waals surface area contributed by atoms with E-state index in [1.54, 1.807) is 0 Å². The van der Waals surface area contributed by atoms with Crippen LogP contribution in [0.25, 0.3) is 0 Å². The van der Waals surface area contributed by atoms with Crippen molar-refractivity contribution >= 4 is 93.5 Å². The first kappa shape index (κ1) is 38.9. The molecule has 2 aliphatic rings. The van der Waals surface area contributed by atoms with Crippen molar-refractivity contribution < 1.29 is 38.1 Å². The fourth-order valence-corrected chi connectivity index (χ4v) is 7.89. The summed E-state index contributed by atoms with van der Waals surface area (Å²) in [7, 11) is 0. The van der Waals surface area contributed by atoms with Gasteiger partial charge in [-0.3, -0.25) is 0 Å². The van der Waals surface area contributed by atoms with Crippen LogP contribution in [-0.4, -0.2) is 37.1 Å². The van der Waals surface area contributed by atoms with Crippen molar-refractivity contribution in [1.29, 1.82) is 0 Å². The SMILES string of the molecule is CC1CCC(COC(=O)c2c(Cl)c(Cl)cc(Cl)c2OC(=O)C(=O)Oc2c(Cl)cc(Cl)c(Cl)c2C(=O)OCC2CCC(C)CC2C)C(C)C1. The van der Waals surface area contributed by atoms with E-state index in [1.807, 2.05) is 0 Å². The van der Waals surface area contributed by atoms with Crippen molar-refractivity contribution in [2.75, 3.05) is 13.2 Å². The van der Waals surface area contributed by atoms with Gasteiger partial charge in [0.1, 0.15) is 11.1 Å². The van der Waals surface area contributed by atoms with E-state index in [2.05, 4.69) is 27.7 Å². The van der Waals surface area contributed by atoms with Crippen LogP contribution in [-0.2, 0) is 19.1 Å². The maximum atomic E-state index is 13.3. The van der Waals surface area contributed by atoms with Crippen LogP contribution in [0.5, 0.6) is 11.5 Å². The Kier molecular flexibility index (Phi) is 13.6. The Balaban J connectivity index is 1.52. The number of hydrogen-bond donors (Lipinski definition) is 0. The molecule has 4 rings (SSSR count). The summed E-state index contributed by atoms with van der Waals surface area (Å²) in [5.41, 5.74) is -0.898. The highest BCUT2D eigenvalue weighted by Crippen LogP contribution is 2.43. The second-order valence-corrected chi connectivity index (χ2v) is 15.4. The summed E-state index contributed by atoms with van der Waals surface area (Å²) in [6.07, 6.45) is 5.75. The Morgan fingerprint density at radius 3 is 1.27 bits per heavy atom. The Morgan fingerprint density at radius 1 is 0.583 bits per heavy atom. The molecule has 2 aliphatic carbocycles. The topological polar surface area (TPSA) is 105 Å². The molecule has 0 spiro atoms. The molecule has 0 heterocycles. The summed E-state index contributed by atoms with van der Waals surface area (Å²) in [4.78, 5) is 52.6. The highest BCUT2D eigenvalue weighted by Gasteiger charge is 2.34. The molecule has 48 heavy (non-hydrogen) atoms. The predicted octanol–water partition coefficient (Wildman–Crippen LogP) is 10.6. The first-order valence-corrected chi connectivity index (χ1v) is 18.0. The first-order valence-electron chi connectivity index (χ1n) is 15.7. The third kappa shape index (κ3) is 9.23. The molecule has 0 saturated heterocycles. The maximum Gasteiger partial charge on any atom is 0.423 e. The van der Waals surface area contributed by atoms with Crippen LogP contribution in [0.3, 0.4) is 0 Å². The molecule has 0 aromatic heterocycles. The largest absolute Gasteiger partial charge is 0.462 e. The lowest BCUT2D eigenvalue weighted by atomic mass is 9.76. The lowest BCUT2D eigenvalue weighted by molar-refractivity contribution is -0.156. The van der Waals surface area contributed by atoms with Crippen molar-refractivity contribution in [3.8, 4) is 11.5 Å². The van der Waals surface area contributed by atoms with Gasteiger partial charge in [-0.25, -0.2) is 19.2 Å². The summed E-state index contributed by atoms with van der Waals surface area (Å²) in [5, 5.41) is -1.43. The number of esters is 4. The molecular formula is C34H36Cl6O8. The highest BCUT2D eigenvalue weighted by atomic mass is 35.5.